The molecule has 3 aromatic rings. The van der Waals surface area contributed by atoms with Gasteiger partial charge in [-0.1, -0.05) is 47.7 Å². The lowest BCUT2D eigenvalue weighted by Gasteiger charge is -2.29. The summed E-state index contributed by atoms with van der Waals surface area (Å²) in [5.41, 5.74) is 2.01. The third-order valence-electron chi connectivity index (χ3n) is 4.34. The number of carbonyl (C=O) groups is 1. The lowest BCUT2D eigenvalue weighted by atomic mass is 10.2. The van der Waals surface area contributed by atoms with Gasteiger partial charge in [0.1, 0.15) is 16.8 Å². The van der Waals surface area contributed by atoms with Crippen LogP contribution in [0.2, 0.25) is 0 Å². The summed E-state index contributed by atoms with van der Waals surface area (Å²) < 4.78 is 31.5. The first-order valence-corrected chi connectivity index (χ1v) is 11.7. The zero-order chi connectivity index (χ0) is 21.9. The van der Waals surface area contributed by atoms with Crippen molar-refractivity contribution in [3.8, 4) is 16.3 Å². The van der Waals surface area contributed by atoms with Crippen LogP contribution >= 0.6 is 11.3 Å². The Hall–Kier alpha value is -2.98. The lowest BCUT2D eigenvalue weighted by Crippen LogP contribution is -2.45. The number of nitrogens with zero attached hydrogens (tertiary/aromatic N) is 3. The molecule has 0 aliphatic rings. The van der Waals surface area contributed by atoms with Crippen molar-refractivity contribution in [1.29, 1.82) is 0 Å². The molecular formula is C20H22N4O4S2. The summed E-state index contributed by atoms with van der Waals surface area (Å²) in [5.74, 6) is -0.173. The number of aromatic nitrogens is 2. The molecule has 0 unspecified atom stereocenters. The Morgan fingerprint density at radius 2 is 1.87 bits per heavy atom. The van der Waals surface area contributed by atoms with Crippen molar-refractivity contribution in [2.45, 2.75) is 19.9 Å². The van der Waals surface area contributed by atoms with Crippen molar-refractivity contribution < 1.29 is 17.9 Å². The van der Waals surface area contributed by atoms with Crippen LogP contribution in [0.5, 0.6) is 5.75 Å². The number of hydrogen-bond donors (Lipinski definition) is 1. The summed E-state index contributed by atoms with van der Waals surface area (Å²) in [6, 6.07) is 13.6. The van der Waals surface area contributed by atoms with E-state index in [1.807, 2.05) is 37.3 Å². The molecule has 1 atom stereocenters. The molecule has 1 N–H and O–H groups in total. The quantitative estimate of drug-likeness (QED) is 0.597. The zero-order valence-corrected chi connectivity index (χ0v) is 18.6. The normalized spacial score (nSPS) is 12.3. The molecule has 0 saturated carbocycles. The van der Waals surface area contributed by atoms with E-state index in [9.17, 15) is 13.2 Å². The van der Waals surface area contributed by atoms with Crippen LogP contribution in [0.1, 0.15) is 12.5 Å². The second-order valence-electron chi connectivity index (χ2n) is 6.68. The van der Waals surface area contributed by atoms with Crippen LogP contribution in [0.25, 0.3) is 10.6 Å². The summed E-state index contributed by atoms with van der Waals surface area (Å²) in [6.45, 7) is 3.35. The second kappa shape index (κ2) is 8.80. The smallest absolute Gasteiger partial charge is 0.249 e. The van der Waals surface area contributed by atoms with Crippen LogP contribution in [0.15, 0.2) is 48.5 Å². The summed E-state index contributed by atoms with van der Waals surface area (Å²) in [4.78, 5) is 12.9. The Morgan fingerprint density at radius 1 is 1.17 bits per heavy atom. The number of aryl methyl sites for hydroxylation is 1. The number of methoxy groups -OCH3 is 1. The second-order valence-corrected chi connectivity index (χ2v) is 9.51. The van der Waals surface area contributed by atoms with Crippen molar-refractivity contribution in [3.63, 3.8) is 0 Å². The molecule has 10 heteroatoms. The van der Waals surface area contributed by atoms with Gasteiger partial charge in [0, 0.05) is 5.56 Å². The Morgan fingerprint density at radius 3 is 2.50 bits per heavy atom. The fourth-order valence-electron chi connectivity index (χ4n) is 2.93. The third-order valence-corrected chi connectivity index (χ3v) is 6.45. The molecule has 1 amide bonds. The summed E-state index contributed by atoms with van der Waals surface area (Å²) in [6.07, 6.45) is 1.05. The highest BCUT2D eigenvalue weighted by atomic mass is 32.2. The molecule has 0 aliphatic heterocycles. The van der Waals surface area contributed by atoms with Gasteiger partial charge in [-0.05, 0) is 31.5 Å². The van der Waals surface area contributed by atoms with Crippen molar-refractivity contribution >= 4 is 38.1 Å². The minimum atomic E-state index is -3.78. The van der Waals surface area contributed by atoms with Crippen LogP contribution in [0, 0.1) is 6.92 Å². The zero-order valence-electron chi connectivity index (χ0n) is 17.0. The van der Waals surface area contributed by atoms with E-state index < -0.39 is 22.0 Å². The van der Waals surface area contributed by atoms with Crippen LogP contribution in [0.4, 0.5) is 10.8 Å². The number of nitrogens with one attached hydrogen (secondary N) is 1. The lowest BCUT2D eigenvalue weighted by molar-refractivity contribution is -0.116. The standard InChI is InChI=1S/C20H22N4O4S2/c1-13-10-11-17(28-3)16(12-13)24(30(4,26)27)14(2)18(25)21-20-23-22-19(29-20)15-8-6-5-7-9-15/h5-12,14H,1-4H3,(H,21,23,25)/t14-/m0/s1. The van der Waals surface area contributed by atoms with Crippen molar-refractivity contribution in [1.82, 2.24) is 10.2 Å². The predicted octanol–water partition coefficient (Wildman–Crippen LogP) is 3.32. The van der Waals surface area contributed by atoms with E-state index in [1.165, 1.54) is 25.4 Å². The number of ether oxygens (including phenoxy) is 1. The molecule has 8 nitrogen and oxygen atoms in total. The number of benzene rings is 2. The molecule has 0 bridgehead atoms. The predicted molar refractivity (Wildman–Crippen MR) is 118 cm³/mol. The molecule has 1 aromatic heterocycles. The van der Waals surface area contributed by atoms with E-state index in [2.05, 4.69) is 15.5 Å². The molecule has 30 heavy (non-hydrogen) atoms. The van der Waals surface area contributed by atoms with E-state index in [4.69, 9.17) is 4.74 Å². The van der Waals surface area contributed by atoms with Gasteiger partial charge in [0.15, 0.2) is 0 Å². The van der Waals surface area contributed by atoms with Gasteiger partial charge < -0.3 is 4.74 Å². The molecule has 3 rings (SSSR count). The first kappa shape index (κ1) is 21.7. The average molecular weight is 447 g/mol. The Labute approximate surface area is 179 Å². The fourth-order valence-corrected chi connectivity index (χ4v) is 4.86. The van der Waals surface area contributed by atoms with Crippen LogP contribution in [-0.2, 0) is 14.8 Å². The monoisotopic (exact) mass is 446 g/mol. The van der Waals surface area contributed by atoms with Gasteiger partial charge >= 0.3 is 0 Å². The van der Waals surface area contributed by atoms with Gasteiger partial charge in [0.05, 0.1) is 19.1 Å². The molecule has 1 heterocycles. The van der Waals surface area contributed by atoms with Crippen LogP contribution in [-0.4, -0.2) is 43.9 Å². The fraction of sp³-hybridized carbons (Fsp3) is 0.250. The summed E-state index contributed by atoms with van der Waals surface area (Å²) in [5, 5.41) is 11.7. The molecule has 0 fully saturated rings. The van der Waals surface area contributed by atoms with E-state index in [0.29, 0.717) is 16.4 Å². The van der Waals surface area contributed by atoms with Gasteiger partial charge in [-0.3, -0.25) is 14.4 Å². The topological polar surface area (TPSA) is 101 Å². The number of carbonyl (C=O) groups excluding carboxylic acids is 1. The highest BCUT2D eigenvalue weighted by Crippen LogP contribution is 2.33. The Balaban J connectivity index is 1.87. The highest BCUT2D eigenvalue weighted by Gasteiger charge is 2.32. The van der Waals surface area contributed by atoms with Gasteiger partial charge in [0.25, 0.3) is 0 Å². The molecular weight excluding hydrogens is 424 g/mol. The molecule has 2 aromatic carbocycles. The highest BCUT2D eigenvalue weighted by molar-refractivity contribution is 7.92. The average Bonchev–Trinajstić information content (AvgIpc) is 3.16. The van der Waals surface area contributed by atoms with Crippen molar-refractivity contribution in [2.24, 2.45) is 0 Å². The van der Waals surface area contributed by atoms with E-state index in [0.717, 1.165) is 21.7 Å². The molecule has 0 spiro atoms. The number of hydrogen-bond acceptors (Lipinski definition) is 7. The first-order valence-electron chi connectivity index (χ1n) is 9.04. The number of amides is 1. The van der Waals surface area contributed by atoms with E-state index in [-0.39, 0.29) is 5.13 Å². The maximum absolute atomic E-state index is 12.9. The molecule has 0 aliphatic carbocycles. The van der Waals surface area contributed by atoms with Gasteiger partial charge in [0.2, 0.25) is 21.1 Å². The van der Waals surface area contributed by atoms with E-state index >= 15 is 0 Å². The Bertz CT molecular complexity index is 1150. The minimum Gasteiger partial charge on any atom is -0.495 e. The van der Waals surface area contributed by atoms with E-state index in [1.54, 1.807) is 18.2 Å². The molecule has 0 radical (unpaired) electrons. The van der Waals surface area contributed by atoms with Gasteiger partial charge in [-0.2, -0.15) is 0 Å². The largest absolute Gasteiger partial charge is 0.495 e. The number of sulfonamides is 1. The summed E-state index contributed by atoms with van der Waals surface area (Å²) in [7, 11) is -2.33. The van der Waals surface area contributed by atoms with Crippen molar-refractivity contribution in [3.05, 3.63) is 54.1 Å². The maximum atomic E-state index is 12.9. The first-order chi connectivity index (χ1) is 14.2. The molecule has 0 saturated heterocycles. The summed E-state index contributed by atoms with van der Waals surface area (Å²) >= 11 is 1.21. The number of anilines is 2. The third kappa shape index (κ3) is 4.77. The minimum absolute atomic E-state index is 0.287. The van der Waals surface area contributed by atoms with Gasteiger partial charge in [-0.25, -0.2) is 8.42 Å². The van der Waals surface area contributed by atoms with Crippen LogP contribution < -0.4 is 14.4 Å². The maximum Gasteiger partial charge on any atom is 0.249 e. The molecule has 158 valence electrons. The SMILES string of the molecule is COc1ccc(C)cc1N([C@@H](C)C(=O)Nc1nnc(-c2ccccc2)s1)S(C)(=O)=O. The van der Waals surface area contributed by atoms with Crippen molar-refractivity contribution in [2.75, 3.05) is 23.0 Å². The van der Waals surface area contributed by atoms with Gasteiger partial charge in [-0.15, -0.1) is 10.2 Å². The van der Waals surface area contributed by atoms with Crippen LogP contribution in [0.3, 0.4) is 0 Å². The Kier molecular flexibility index (Phi) is 6.37. The number of rotatable bonds is 7.